The van der Waals surface area contributed by atoms with Gasteiger partial charge in [0.25, 0.3) is 0 Å². The Hall–Kier alpha value is -1.11. The van der Waals surface area contributed by atoms with E-state index in [0.29, 0.717) is 11.8 Å². The highest BCUT2D eigenvalue weighted by Gasteiger charge is 1.97. The van der Waals surface area contributed by atoms with Gasteiger partial charge in [0.05, 0.1) is 5.56 Å². The Kier molecular flexibility index (Phi) is 6.68. The molecule has 0 aliphatic rings. The second-order valence-corrected chi connectivity index (χ2v) is 3.81. The lowest BCUT2D eigenvalue weighted by molar-refractivity contribution is -0.136. The van der Waals surface area contributed by atoms with Crippen LogP contribution in [0.15, 0.2) is 18.2 Å². The summed E-state index contributed by atoms with van der Waals surface area (Å²) in [7, 11) is 0. The van der Waals surface area contributed by atoms with Crippen LogP contribution in [0.1, 0.15) is 23.7 Å². The van der Waals surface area contributed by atoms with E-state index >= 15 is 0 Å². The second-order valence-electron chi connectivity index (χ2n) is 2.57. The summed E-state index contributed by atoms with van der Waals surface area (Å²) in [5.41, 5.74) is 0.340. The fourth-order valence-electron chi connectivity index (χ4n) is 0.620. The van der Waals surface area contributed by atoms with Gasteiger partial charge in [-0.05, 0) is 40.8 Å². The number of aldehydes is 1. The topological polar surface area (TPSA) is 74.6 Å². The minimum atomic E-state index is -0.745. The first kappa shape index (κ1) is 13.9. The molecule has 0 amide bonds. The number of aliphatic carboxylic acids is 1. The highest BCUT2D eigenvalue weighted by Crippen LogP contribution is 2.16. The molecule has 0 spiro atoms. The van der Waals surface area contributed by atoms with Crippen molar-refractivity contribution in [3.05, 3.63) is 27.3 Å². The van der Waals surface area contributed by atoms with Crippen molar-refractivity contribution in [3.63, 3.8) is 0 Å². The molecular formula is C10H11IO4. The summed E-state index contributed by atoms with van der Waals surface area (Å²) < 4.78 is 0.942. The molecule has 15 heavy (non-hydrogen) atoms. The zero-order valence-electron chi connectivity index (χ0n) is 8.11. The third kappa shape index (κ3) is 6.05. The number of carbonyl (C=O) groups excluding carboxylic acids is 1. The van der Waals surface area contributed by atoms with Gasteiger partial charge >= 0.3 is 5.97 Å². The molecule has 0 aliphatic heterocycles. The van der Waals surface area contributed by atoms with E-state index in [1.807, 2.05) is 0 Å². The summed E-state index contributed by atoms with van der Waals surface area (Å²) >= 11 is 2.08. The maximum absolute atomic E-state index is 10.2. The Bertz CT molecular complexity index is 349. The van der Waals surface area contributed by atoms with Crippen molar-refractivity contribution >= 4 is 34.8 Å². The fraction of sp³-hybridized carbons (Fsp3) is 0.200. The van der Waals surface area contributed by atoms with Gasteiger partial charge in [-0.15, -0.1) is 0 Å². The normalized spacial score (nSPS) is 8.67. The van der Waals surface area contributed by atoms with Crippen molar-refractivity contribution in [3.8, 4) is 5.75 Å². The molecule has 0 heterocycles. The number of rotatable bonds is 2. The molecule has 0 fully saturated rings. The molecule has 1 rings (SSSR count). The number of halogens is 1. The van der Waals surface area contributed by atoms with E-state index in [2.05, 4.69) is 22.6 Å². The average molecular weight is 322 g/mol. The number of phenolic OH excluding ortho intramolecular Hbond substituents is 1. The van der Waals surface area contributed by atoms with Crippen LogP contribution in [-0.4, -0.2) is 22.5 Å². The lowest BCUT2D eigenvalue weighted by atomic mass is 10.2. The average Bonchev–Trinajstić information content (AvgIpc) is 2.22. The van der Waals surface area contributed by atoms with Crippen LogP contribution in [0.5, 0.6) is 5.75 Å². The number of phenols is 1. The lowest BCUT2D eigenvalue weighted by Crippen LogP contribution is -1.86. The monoisotopic (exact) mass is 322 g/mol. The lowest BCUT2D eigenvalue weighted by Gasteiger charge is -1.95. The quantitative estimate of drug-likeness (QED) is 0.647. The maximum Gasteiger partial charge on any atom is 0.303 e. The first-order valence-corrected chi connectivity index (χ1v) is 5.24. The number of hydrogen-bond donors (Lipinski definition) is 2. The molecule has 0 saturated carbocycles. The predicted molar refractivity (Wildman–Crippen MR) is 64.1 cm³/mol. The van der Waals surface area contributed by atoms with Crippen LogP contribution in [-0.2, 0) is 4.79 Å². The first-order valence-electron chi connectivity index (χ1n) is 4.16. The molecule has 0 saturated heterocycles. The molecule has 5 heteroatoms. The molecule has 82 valence electrons. The van der Waals surface area contributed by atoms with Gasteiger partial charge in [0.15, 0.2) is 6.29 Å². The van der Waals surface area contributed by atoms with Gasteiger partial charge in [0.2, 0.25) is 0 Å². The van der Waals surface area contributed by atoms with E-state index in [0.717, 1.165) is 3.57 Å². The van der Waals surface area contributed by atoms with Crippen LogP contribution in [0, 0.1) is 3.57 Å². The summed E-state index contributed by atoms with van der Waals surface area (Å²) in [6.07, 6.45) is 0.859. The number of carboxylic acids is 1. The third-order valence-corrected chi connectivity index (χ3v) is 2.09. The van der Waals surface area contributed by atoms with Gasteiger partial charge in [0, 0.05) is 9.99 Å². The molecule has 0 radical (unpaired) electrons. The van der Waals surface area contributed by atoms with E-state index in [4.69, 9.17) is 10.2 Å². The van der Waals surface area contributed by atoms with Crippen molar-refractivity contribution < 1.29 is 19.8 Å². The number of carboxylic acid groups (broad SMARTS) is 1. The van der Waals surface area contributed by atoms with E-state index in [1.165, 1.54) is 6.07 Å². The minimum absolute atomic E-state index is 0.0374. The SMILES string of the molecule is CCC(=O)O.O=Cc1cc(I)ccc1O. The molecule has 4 nitrogen and oxygen atoms in total. The molecule has 0 bridgehead atoms. The van der Waals surface area contributed by atoms with Gasteiger partial charge in [-0.3, -0.25) is 9.59 Å². The molecular weight excluding hydrogens is 311 g/mol. The van der Waals surface area contributed by atoms with E-state index in [1.54, 1.807) is 19.1 Å². The highest BCUT2D eigenvalue weighted by atomic mass is 127. The summed E-state index contributed by atoms with van der Waals surface area (Å²) in [6, 6.07) is 4.87. The van der Waals surface area contributed by atoms with Gasteiger partial charge in [0.1, 0.15) is 5.75 Å². The Labute approximate surface area is 101 Å². The van der Waals surface area contributed by atoms with Crippen molar-refractivity contribution in [2.75, 3.05) is 0 Å². The van der Waals surface area contributed by atoms with E-state index in [9.17, 15) is 9.59 Å². The first-order chi connectivity index (χ1) is 7.01. The summed E-state index contributed by atoms with van der Waals surface area (Å²) in [5.74, 6) is -0.708. The Morgan fingerprint density at radius 2 is 2.07 bits per heavy atom. The molecule has 0 aliphatic carbocycles. The van der Waals surface area contributed by atoms with Crippen LogP contribution in [0.25, 0.3) is 0 Å². The van der Waals surface area contributed by atoms with Gasteiger partial charge in [-0.25, -0.2) is 0 Å². The van der Waals surface area contributed by atoms with Crippen molar-refractivity contribution in [2.24, 2.45) is 0 Å². The largest absolute Gasteiger partial charge is 0.507 e. The zero-order valence-corrected chi connectivity index (χ0v) is 10.3. The Morgan fingerprint density at radius 1 is 1.53 bits per heavy atom. The minimum Gasteiger partial charge on any atom is -0.507 e. The summed E-state index contributed by atoms with van der Waals surface area (Å²) in [6.45, 7) is 1.60. The molecule has 1 aromatic rings. The van der Waals surface area contributed by atoms with Gasteiger partial charge in [-0.2, -0.15) is 0 Å². The summed E-state index contributed by atoms with van der Waals surface area (Å²) in [4.78, 5) is 19.6. The van der Waals surface area contributed by atoms with Crippen molar-refractivity contribution in [2.45, 2.75) is 13.3 Å². The van der Waals surface area contributed by atoms with Crippen LogP contribution < -0.4 is 0 Å². The number of hydrogen-bond acceptors (Lipinski definition) is 3. The Balaban J connectivity index is 0.000000336. The van der Waals surface area contributed by atoms with E-state index in [-0.39, 0.29) is 12.2 Å². The molecule has 0 atom stereocenters. The maximum atomic E-state index is 10.2. The van der Waals surface area contributed by atoms with Crippen LogP contribution in [0.4, 0.5) is 0 Å². The number of carbonyl (C=O) groups is 2. The smallest absolute Gasteiger partial charge is 0.303 e. The molecule has 1 aromatic carbocycles. The molecule has 0 unspecified atom stereocenters. The summed E-state index contributed by atoms with van der Waals surface area (Å²) in [5, 5.41) is 16.7. The van der Waals surface area contributed by atoms with Crippen LogP contribution in [0.2, 0.25) is 0 Å². The number of benzene rings is 1. The van der Waals surface area contributed by atoms with Crippen molar-refractivity contribution in [1.82, 2.24) is 0 Å². The predicted octanol–water partition coefficient (Wildman–Crippen LogP) is 2.29. The second kappa shape index (κ2) is 7.22. The highest BCUT2D eigenvalue weighted by molar-refractivity contribution is 14.1. The van der Waals surface area contributed by atoms with Crippen molar-refractivity contribution in [1.29, 1.82) is 0 Å². The molecule has 0 aromatic heterocycles. The third-order valence-electron chi connectivity index (χ3n) is 1.42. The van der Waals surface area contributed by atoms with Gasteiger partial charge < -0.3 is 10.2 Å². The standard InChI is InChI=1S/C7H5IO2.C3H6O2/c8-6-1-2-7(10)5(3-6)4-9;1-2-3(4)5/h1-4,10H;2H2,1H3,(H,4,5). The van der Waals surface area contributed by atoms with Crippen LogP contribution >= 0.6 is 22.6 Å². The van der Waals surface area contributed by atoms with Crippen LogP contribution in [0.3, 0.4) is 0 Å². The zero-order chi connectivity index (χ0) is 11.8. The fourth-order valence-corrected chi connectivity index (χ4v) is 1.14. The molecule has 2 N–H and O–H groups in total. The van der Waals surface area contributed by atoms with Gasteiger partial charge in [-0.1, -0.05) is 6.92 Å². The number of aromatic hydroxyl groups is 1. The Morgan fingerprint density at radius 3 is 2.40 bits per heavy atom. The van der Waals surface area contributed by atoms with E-state index < -0.39 is 5.97 Å².